The lowest BCUT2D eigenvalue weighted by molar-refractivity contribution is -0.236. The molecule has 20 nitrogen and oxygen atoms in total. The highest BCUT2D eigenvalue weighted by atomic mass is 35.5. The summed E-state index contributed by atoms with van der Waals surface area (Å²) in [5.41, 5.74) is 2.97. The quantitative estimate of drug-likeness (QED) is 0.129. The van der Waals surface area contributed by atoms with Gasteiger partial charge in [0.2, 0.25) is 5.91 Å². The van der Waals surface area contributed by atoms with Crippen LogP contribution in [0.15, 0.2) is 35.9 Å². The fraction of sp³-hybridized carbons (Fsp3) is 0.605. The summed E-state index contributed by atoms with van der Waals surface area (Å²) in [5, 5.41) is 39.3. The molecular formula is C38H51ClN4O16. The van der Waals surface area contributed by atoms with Crippen molar-refractivity contribution in [1.29, 1.82) is 0 Å². The van der Waals surface area contributed by atoms with Crippen molar-refractivity contribution in [3.8, 4) is 5.75 Å². The summed E-state index contributed by atoms with van der Waals surface area (Å²) in [4.78, 5) is 65.6. The second kappa shape index (κ2) is 18.3. The van der Waals surface area contributed by atoms with Crippen LogP contribution in [0.1, 0.15) is 46.1 Å². The first-order valence-corrected chi connectivity index (χ1v) is 19.1. The van der Waals surface area contributed by atoms with Gasteiger partial charge in [0.05, 0.1) is 18.2 Å². The lowest BCUT2D eigenvalue weighted by Crippen LogP contribution is -2.66. The van der Waals surface area contributed by atoms with Gasteiger partial charge in [-0.15, -0.1) is 0 Å². The number of fused-ring (bicyclic) bond motifs is 5. The van der Waals surface area contributed by atoms with E-state index >= 15 is 4.79 Å². The number of anilines is 1. The van der Waals surface area contributed by atoms with Crippen molar-refractivity contribution in [2.75, 3.05) is 32.8 Å². The average Bonchev–Trinajstić information content (AvgIpc) is 3.86. The Morgan fingerprint density at radius 3 is 2.49 bits per heavy atom. The van der Waals surface area contributed by atoms with E-state index in [-0.39, 0.29) is 23.6 Å². The molecule has 0 unspecified atom stereocenters. The maximum Gasteiger partial charge on any atom is 0.409 e. The number of rotatable bonds is 7. The Balaban J connectivity index is 1.68. The van der Waals surface area contributed by atoms with Gasteiger partial charge < -0.3 is 64.3 Å². The number of amides is 4. The van der Waals surface area contributed by atoms with E-state index in [1.165, 1.54) is 33.4 Å². The first-order chi connectivity index (χ1) is 27.8. The van der Waals surface area contributed by atoms with Crippen LogP contribution in [-0.2, 0) is 53.9 Å². The number of alkyl carbamates (subject to hydrolysis) is 2. The number of hydrogen-bond acceptors (Lipinski definition) is 16. The molecule has 0 aliphatic carbocycles. The van der Waals surface area contributed by atoms with Gasteiger partial charge in [-0.3, -0.25) is 19.8 Å². The standard InChI is InChI=1S/C38H51ClN4O16/c1-17-9-8-10-25(52-6)38(51)15-23(56-36(50)42-38)18(2)32-37(4,59-32)26(57-35(49)41-5)14-27(46)43(21-12-20(11-17)13-22(45)28(21)39)33-29(47)31(53-7)30(58-34(40)48)24(55-33)16-54-19(3)44/h8-10,12-13,18,23-26,29-33,45,47,51H,11,14-16H2,1-7H3,(H2,40,48)(H,41,49)(H,42,50)/b10-8+,17-9+/t18-,23+,24+,25-,26+,29+,30+,31+,32-,33+,37+,38+/m1/s1. The lowest BCUT2D eigenvalue weighted by atomic mass is 9.83. The number of carbonyl (C=O) groups excluding carboxylic acids is 5. The predicted molar refractivity (Wildman–Crippen MR) is 204 cm³/mol. The third-order valence-corrected chi connectivity index (χ3v) is 11.2. The van der Waals surface area contributed by atoms with Gasteiger partial charge in [-0.1, -0.05) is 42.3 Å². The van der Waals surface area contributed by atoms with E-state index in [0.717, 1.165) is 11.8 Å². The van der Waals surface area contributed by atoms with E-state index in [4.69, 9.17) is 55.2 Å². The Bertz CT molecular complexity index is 1850. The van der Waals surface area contributed by atoms with Gasteiger partial charge in [0.15, 0.2) is 18.1 Å². The van der Waals surface area contributed by atoms with Crippen LogP contribution in [0.4, 0.5) is 20.1 Å². The third-order valence-electron chi connectivity index (χ3n) is 10.9. The van der Waals surface area contributed by atoms with Crippen molar-refractivity contribution in [2.24, 2.45) is 11.7 Å². The number of nitrogens with two attached hydrogens (primary N) is 1. The number of halogens is 1. The number of epoxide rings is 1. The fourth-order valence-corrected chi connectivity index (χ4v) is 8.03. The number of benzene rings is 1. The number of ether oxygens (including phenoxy) is 8. The topological polar surface area (TPSA) is 276 Å². The predicted octanol–water partition coefficient (Wildman–Crippen LogP) is 1.68. The monoisotopic (exact) mass is 854 g/mol. The van der Waals surface area contributed by atoms with E-state index in [1.54, 1.807) is 39.0 Å². The number of nitrogens with one attached hydrogen (secondary N) is 2. The molecule has 7 N–H and O–H groups in total. The van der Waals surface area contributed by atoms with Gasteiger partial charge in [0, 0.05) is 40.5 Å². The molecule has 0 aromatic heterocycles. The molecule has 4 heterocycles. The van der Waals surface area contributed by atoms with Crippen molar-refractivity contribution >= 4 is 47.4 Å². The summed E-state index contributed by atoms with van der Waals surface area (Å²) in [5.74, 6) is -2.75. The van der Waals surface area contributed by atoms with Gasteiger partial charge in [-0.2, -0.15) is 0 Å². The lowest BCUT2D eigenvalue weighted by Gasteiger charge is -2.47. The minimum Gasteiger partial charge on any atom is -0.506 e. The highest BCUT2D eigenvalue weighted by Gasteiger charge is 2.65. The van der Waals surface area contributed by atoms with Crippen molar-refractivity contribution in [1.82, 2.24) is 10.6 Å². The number of primary amides is 1. The molecule has 5 rings (SSSR count). The Morgan fingerprint density at radius 2 is 1.86 bits per heavy atom. The van der Waals surface area contributed by atoms with Crippen molar-refractivity contribution in [2.45, 2.75) is 113 Å². The third kappa shape index (κ3) is 9.86. The summed E-state index contributed by atoms with van der Waals surface area (Å²) in [7, 11) is 3.87. The Hall–Kier alpha value is -4.70. The van der Waals surface area contributed by atoms with Crippen molar-refractivity contribution in [3.05, 3.63) is 46.5 Å². The van der Waals surface area contributed by atoms with Crippen LogP contribution in [-0.4, -0.2) is 140 Å². The number of aliphatic hydroxyl groups is 2. The summed E-state index contributed by atoms with van der Waals surface area (Å²) in [6.07, 6.45) is -11.0. The van der Waals surface area contributed by atoms with Crippen LogP contribution in [0.3, 0.4) is 0 Å². The average molecular weight is 855 g/mol. The summed E-state index contributed by atoms with van der Waals surface area (Å²) in [6.45, 7) is 5.63. The Labute approximate surface area is 344 Å². The first-order valence-electron chi connectivity index (χ1n) is 18.7. The molecule has 3 fully saturated rings. The minimum atomic E-state index is -1.92. The first kappa shape index (κ1) is 45.4. The molecule has 0 saturated carbocycles. The van der Waals surface area contributed by atoms with Gasteiger partial charge in [-0.25, -0.2) is 14.4 Å². The molecule has 4 aliphatic heterocycles. The van der Waals surface area contributed by atoms with E-state index in [2.05, 4.69) is 10.6 Å². The molecule has 4 bridgehead atoms. The summed E-state index contributed by atoms with van der Waals surface area (Å²) < 4.78 is 45.4. The maximum atomic E-state index is 15.0. The molecule has 0 radical (unpaired) electrons. The smallest absolute Gasteiger partial charge is 0.409 e. The Morgan fingerprint density at radius 1 is 1.15 bits per heavy atom. The summed E-state index contributed by atoms with van der Waals surface area (Å²) in [6, 6.07) is 2.85. The van der Waals surface area contributed by atoms with E-state index in [0.29, 0.717) is 11.1 Å². The van der Waals surface area contributed by atoms with E-state index < -0.39 is 121 Å². The van der Waals surface area contributed by atoms with Gasteiger partial charge >= 0.3 is 24.2 Å². The van der Waals surface area contributed by atoms with Gasteiger partial charge in [0.1, 0.15) is 59.6 Å². The number of phenolic OH excluding ortho intramolecular Hbond substituents is 1. The van der Waals surface area contributed by atoms with Crippen molar-refractivity contribution in [3.63, 3.8) is 0 Å². The van der Waals surface area contributed by atoms with E-state index in [1.807, 2.05) is 0 Å². The largest absolute Gasteiger partial charge is 0.506 e. The summed E-state index contributed by atoms with van der Waals surface area (Å²) >= 11 is 6.76. The molecule has 1 aromatic carbocycles. The Kier molecular flexibility index (Phi) is 14.1. The minimum absolute atomic E-state index is 0.148. The molecule has 3 saturated heterocycles. The number of aliphatic hydroxyl groups excluding tert-OH is 1. The van der Waals surface area contributed by atoms with Gasteiger partial charge in [0.25, 0.3) is 0 Å². The maximum absolute atomic E-state index is 15.0. The molecule has 1 aromatic rings. The molecule has 12 atom stereocenters. The van der Waals surface area contributed by atoms with Crippen LogP contribution in [0, 0.1) is 5.92 Å². The van der Waals surface area contributed by atoms with Gasteiger partial charge in [-0.05, 0) is 38.0 Å². The molecule has 4 aliphatic rings. The second-order valence-corrected chi connectivity index (χ2v) is 15.4. The number of nitrogens with zero attached hydrogens (tertiary/aromatic N) is 1. The van der Waals surface area contributed by atoms with Crippen LogP contribution in [0.2, 0.25) is 5.02 Å². The molecular weight excluding hydrogens is 804 g/mol. The second-order valence-electron chi connectivity index (χ2n) is 15.0. The molecule has 0 spiro atoms. The molecule has 4 amide bonds. The highest BCUT2D eigenvalue weighted by Crippen LogP contribution is 2.49. The van der Waals surface area contributed by atoms with Crippen LogP contribution in [0.25, 0.3) is 0 Å². The molecule has 59 heavy (non-hydrogen) atoms. The fourth-order valence-electron chi connectivity index (χ4n) is 7.83. The van der Waals surface area contributed by atoms with E-state index in [9.17, 15) is 34.5 Å². The zero-order valence-corrected chi connectivity index (χ0v) is 34.3. The zero-order chi connectivity index (χ0) is 43.6. The highest BCUT2D eigenvalue weighted by molar-refractivity contribution is 6.35. The van der Waals surface area contributed by atoms with Crippen LogP contribution >= 0.6 is 11.6 Å². The van der Waals surface area contributed by atoms with Crippen molar-refractivity contribution < 1.29 is 77.2 Å². The number of esters is 1. The molecule has 326 valence electrons. The number of phenols is 1. The number of hydrogen-bond donors (Lipinski definition) is 6. The number of carbonyl (C=O) groups is 5. The zero-order valence-electron chi connectivity index (χ0n) is 33.5. The number of allylic oxidation sites excluding steroid dienone is 3. The molecule has 21 heteroatoms. The number of aromatic hydroxyl groups is 1. The van der Waals surface area contributed by atoms with Crippen LogP contribution < -0.4 is 21.3 Å². The van der Waals surface area contributed by atoms with Crippen LogP contribution in [0.5, 0.6) is 5.75 Å². The number of methoxy groups -OCH3 is 2. The normalized spacial score (nSPS) is 36.4. The SMILES string of the molecule is CNC(=O)O[C@H]1CC(=O)N([C@H]2O[C@@H](COC(C)=O)[C@H](OC(N)=O)[C@@H](OC)[C@@H]2O)c2cc(cc(O)c2Cl)C/C(C)=C/C=C/[C@@H](OC)[C@@]2(O)C[C@H](OC(=O)N2)[C@@H](C)[C@H]2O[C@@]12C.